The van der Waals surface area contributed by atoms with E-state index in [4.69, 9.17) is 5.73 Å². The molecule has 0 fully saturated rings. The smallest absolute Gasteiger partial charge is 0.250 e. The standard InChI is InChI=1S/C27H33IN2O2/c1-18(11-14-23-20(3)10-7-15-27(23,4)5)8-6-9-19(2)16-25(31)30-24-17-21(28)12-13-22(24)26(29)32/h6,8-9,11-14,16-17H,7,10,15H2,1-5H3,(H2,29,32)(H,30,31). The van der Waals surface area contributed by atoms with Crippen LogP contribution in [0.15, 0.2) is 76.9 Å². The third-order valence-corrected chi connectivity index (χ3v) is 6.31. The number of amides is 2. The average molecular weight is 544 g/mol. The van der Waals surface area contributed by atoms with E-state index in [1.54, 1.807) is 18.2 Å². The van der Waals surface area contributed by atoms with Crippen LogP contribution in [-0.2, 0) is 4.79 Å². The first-order chi connectivity index (χ1) is 15.0. The van der Waals surface area contributed by atoms with Gasteiger partial charge in [0.1, 0.15) is 0 Å². The number of carbonyl (C=O) groups is 2. The van der Waals surface area contributed by atoms with Crippen molar-refractivity contribution in [2.24, 2.45) is 11.1 Å². The number of halogens is 1. The molecule has 4 nitrogen and oxygen atoms in total. The number of primary amides is 1. The Kier molecular flexibility index (Phi) is 9.25. The minimum atomic E-state index is -0.575. The lowest BCUT2D eigenvalue weighted by molar-refractivity contribution is -0.111. The van der Waals surface area contributed by atoms with Crippen molar-refractivity contribution in [3.05, 3.63) is 86.1 Å². The molecule has 32 heavy (non-hydrogen) atoms. The second-order valence-corrected chi connectivity index (χ2v) is 10.2. The van der Waals surface area contributed by atoms with Gasteiger partial charge in [-0.2, -0.15) is 0 Å². The van der Waals surface area contributed by atoms with Crippen LogP contribution >= 0.6 is 22.6 Å². The minimum Gasteiger partial charge on any atom is -0.366 e. The third kappa shape index (κ3) is 7.62. The van der Waals surface area contributed by atoms with Gasteiger partial charge in [-0.15, -0.1) is 0 Å². The molecular weight excluding hydrogens is 511 g/mol. The van der Waals surface area contributed by atoms with Crippen molar-refractivity contribution >= 4 is 40.1 Å². The predicted molar refractivity (Wildman–Crippen MR) is 142 cm³/mol. The quantitative estimate of drug-likeness (QED) is 0.224. The molecule has 1 aliphatic rings. The van der Waals surface area contributed by atoms with E-state index in [0.717, 1.165) is 14.7 Å². The highest BCUT2D eigenvalue weighted by atomic mass is 127. The Hall–Kier alpha value is -2.41. The Bertz CT molecular complexity index is 1040. The Labute approximate surface area is 205 Å². The molecule has 1 aromatic rings. The van der Waals surface area contributed by atoms with Gasteiger partial charge in [-0.05, 0) is 97.4 Å². The van der Waals surface area contributed by atoms with Gasteiger partial charge < -0.3 is 11.1 Å². The molecule has 2 rings (SSSR count). The largest absolute Gasteiger partial charge is 0.366 e. The fourth-order valence-corrected chi connectivity index (χ4v) is 4.38. The van der Waals surface area contributed by atoms with E-state index in [1.165, 1.54) is 36.5 Å². The van der Waals surface area contributed by atoms with E-state index in [-0.39, 0.29) is 16.9 Å². The zero-order chi connectivity index (χ0) is 23.9. The molecule has 0 spiro atoms. The lowest BCUT2D eigenvalue weighted by Gasteiger charge is -2.32. The summed E-state index contributed by atoms with van der Waals surface area (Å²) in [6.45, 7) is 10.8. The summed E-state index contributed by atoms with van der Waals surface area (Å²) in [5, 5.41) is 2.74. The van der Waals surface area contributed by atoms with Crippen molar-refractivity contribution in [3.8, 4) is 0 Å². The molecule has 2 amide bonds. The van der Waals surface area contributed by atoms with E-state index in [0.29, 0.717) is 5.69 Å². The number of benzene rings is 1. The number of nitrogens with one attached hydrogen (secondary N) is 1. The summed E-state index contributed by atoms with van der Waals surface area (Å²) >= 11 is 2.12. The molecule has 3 N–H and O–H groups in total. The number of allylic oxidation sites excluding steroid dienone is 9. The van der Waals surface area contributed by atoms with Gasteiger partial charge in [0.15, 0.2) is 0 Å². The van der Waals surface area contributed by atoms with Crippen LogP contribution < -0.4 is 11.1 Å². The molecule has 0 atom stereocenters. The van der Waals surface area contributed by atoms with Gasteiger partial charge >= 0.3 is 0 Å². The lowest BCUT2D eigenvalue weighted by atomic mass is 9.72. The van der Waals surface area contributed by atoms with Gasteiger partial charge in [0.05, 0.1) is 11.3 Å². The van der Waals surface area contributed by atoms with Crippen LogP contribution in [0.25, 0.3) is 0 Å². The fourth-order valence-electron chi connectivity index (χ4n) is 3.89. The molecular formula is C27H33IN2O2. The third-order valence-electron chi connectivity index (χ3n) is 5.64. The van der Waals surface area contributed by atoms with E-state index >= 15 is 0 Å². The van der Waals surface area contributed by atoms with Crippen molar-refractivity contribution in [2.75, 3.05) is 5.32 Å². The van der Waals surface area contributed by atoms with Crippen LogP contribution in [0.3, 0.4) is 0 Å². The number of hydrogen-bond acceptors (Lipinski definition) is 2. The maximum Gasteiger partial charge on any atom is 0.250 e. The normalized spacial score (nSPS) is 17.3. The molecule has 1 aliphatic carbocycles. The predicted octanol–water partition coefficient (Wildman–Crippen LogP) is 6.86. The van der Waals surface area contributed by atoms with Gasteiger partial charge in [0, 0.05) is 9.65 Å². The van der Waals surface area contributed by atoms with Crippen LogP contribution in [0, 0.1) is 8.99 Å². The summed E-state index contributed by atoms with van der Waals surface area (Å²) in [4.78, 5) is 23.9. The second kappa shape index (κ2) is 11.5. The molecule has 0 aliphatic heterocycles. The number of carbonyl (C=O) groups excluding carboxylic acids is 2. The van der Waals surface area contributed by atoms with Gasteiger partial charge in [-0.1, -0.05) is 55.4 Å². The number of anilines is 1. The Morgan fingerprint density at radius 3 is 2.53 bits per heavy atom. The van der Waals surface area contributed by atoms with E-state index in [1.807, 2.05) is 25.2 Å². The van der Waals surface area contributed by atoms with Crippen LogP contribution in [0.2, 0.25) is 0 Å². The van der Waals surface area contributed by atoms with Crippen molar-refractivity contribution < 1.29 is 9.59 Å². The molecule has 0 radical (unpaired) electrons. The average Bonchev–Trinajstić information content (AvgIpc) is 2.66. The van der Waals surface area contributed by atoms with Crippen LogP contribution in [0.5, 0.6) is 0 Å². The fraction of sp³-hybridized carbons (Fsp3) is 0.333. The van der Waals surface area contributed by atoms with Crippen molar-refractivity contribution in [1.29, 1.82) is 0 Å². The van der Waals surface area contributed by atoms with Crippen molar-refractivity contribution in [2.45, 2.75) is 53.9 Å². The maximum atomic E-state index is 12.4. The summed E-state index contributed by atoms with van der Waals surface area (Å²) in [7, 11) is 0. The highest BCUT2D eigenvalue weighted by Crippen LogP contribution is 2.40. The SMILES string of the molecule is CC(C=CC1=C(C)CCCC1(C)C)=CC=CC(C)=CC(=O)Nc1cc(I)ccc1C(N)=O. The zero-order valence-corrected chi connectivity index (χ0v) is 21.7. The molecule has 0 saturated heterocycles. The molecule has 5 heteroatoms. The number of rotatable bonds is 7. The Morgan fingerprint density at radius 2 is 1.88 bits per heavy atom. The van der Waals surface area contributed by atoms with Crippen molar-refractivity contribution in [1.82, 2.24) is 0 Å². The number of hydrogen-bond donors (Lipinski definition) is 2. The van der Waals surface area contributed by atoms with Crippen molar-refractivity contribution in [3.63, 3.8) is 0 Å². The summed E-state index contributed by atoms with van der Waals surface area (Å²) in [5.41, 5.74) is 11.2. The topological polar surface area (TPSA) is 72.2 Å². The summed E-state index contributed by atoms with van der Waals surface area (Å²) < 4.78 is 0.903. The first kappa shape index (κ1) is 25.8. The van der Waals surface area contributed by atoms with Gasteiger partial charge in [0.2, 0.25) is 5.91 Å². The second-order valence-electron chi connectivity index (χ2n) is 8.97. The van der Waals surface area contributed by atoms with Crippen LogP contribution in [0.1, 0.15) is 64.2 Å². The summed E-state index contributed by atoms with van der Waals surface area (Å²) in [6.07, 6.45) is 15.4. The van der Waals surface area contributed by atoms with Gasteiger partial charge in [-0.25, -0.2) is 0 Å². The van der Waals surface area contributed by atoms with E-state index in [9.17, 15) is 9.59 Å². The Morgan fingerprint density at radius 1 is 1.16 bits per heavy atom. The van der Waals surface area contributed by atoms with Crippen LogP contribution in [0.4, 0.5) is 5.69 Å². The maximum absolute atomic E-state index is 12.4. The first-order valence-corrected chi connectivity index (χ1v) is 11.9. The molecule has 0 unspecified atom stereocenters. The van der Waals surface area contributed by atoms with E-state index in [2.05, 4.69) is 67.8 Å². The summed E-state index contributed by atoms with van der Waals surface area (Å²) in [5.74, 6) is -0.882. The molecule has 1 aromatic carbocycles. The van der Waals surface area contributed by atoms with Crippen LogP contribution in [-0.4, -0.2) is 11.8 Å². The zero-order valence-electron chi connectivity index (χ0n) is 19.6. The van der Waals surface area contributed by atoms with Gasteiger partial charge in [-0.3, -0.25) is 9.59 Å². The molecule has 0 heterocycles. The Balaban J connectivity index is 2.04. The molecule has 0 bridgehead atoms. The van der Waals surface area contributed by atoms with E-state index < -0.39 is 5.91 Å². The summed E-state index contributed by atoms with van der Waals surface area (Å²) in [6, 6.07) is 5.11. The number of nitrogens with two attached hydrogens (primary N) is 1. The lowest BCUT2D eigenvalue weighted by Crippen LogP contribution is -2.19. The highest BCUT2D eigenvalue weighted by molar-refractivity contribution is 14.1. The molecule has 0 saturated carbocycles. The monoisotopic (exact) mass is 544 g/mol. The minimum absolute atomic E-state index is 0.229. The van der Waals surface area contributed by atoms with Gasteiger partial charge in [0.25, 0.3) is 5.91 Å². The first-order valence-electron chi connectivity index (χ1n) is 10.8. The highest BCUT2D eigenvalue weighted by Gasteiger charge is 2.26. The molecule has 0 aromatic heterocycles. The molecule has 170 valence electrons.